The maximum absolute atomic E-state index is 3.54. The van der Waals surface area contributed by atoms with Crippen molar-refractivity contribution in [3.8, 4) is 0 Å². The summed E-state index contributed by atoms with van der Waals surface area (Å²) in [7, 11) is 0. The Morgan fingerprint density at radius 2 is 2.07 bits per heavy atom. The highest BCUT2D eigenvalue weighted by Crippen LogP contribution is 2.21. The molecule has 0 bridgehead atoms. The predicted octanol–water partition coefficient (Wildman–Crippen LogP) is 3.20. The van der Waals surface area contributed by atoms with Crippen LogP contribution in [0.3, 0.4) is 0 Å². The van der Waals surface area contributed by atoms with E-state index in [-0.39, 0.29) is 0 Å². The highest BCUT2D eigenvalue weighted by Gasteiger charge is 2.14. The van der Waals surface area contributed by atoms with Crippen LogP contribution in [0.1, 0.15) is 45.7 Å². The number of nitrogens with zero attached hydrogens (tertiary/aromatic N) is 1. The SMILES string of the molecule is CCCn1ccc(C(NCC)C(C)C)c1. The Morgan fingerprint density at radius 1 is 1.33 bits per heavy atom. The first-order valence-corrected chi connectivity index (χ1v) is 6.08. The molecule has 0 aliphatic carbocycles. The molecule has 0 saturated heterocycles. The Kier molecular flexibility index (Phi) is 4.89. The molecule has 0 amide bonds. The monoisotopic (exact) mass is 208 g/mol. The molecule has 0 aromatic carbocycles. The Balaban J connectivity index is 2.72. The normalized spacial score (nSPS) is 13.4. The van der Waals surface area contributed by atoms with Gasteiger partial charge in [-0.1, -0.05) is 27.7 Å². The van der Waals surface area contributed by atoms with Crippen molar-refractivity contribution in [1.29, 1.82) is 0 Å². The topological polar surface area (TPSA) is 17.0 Å². The van der Waals surface area contributed by atoms with Crippen LogP contribution < -0.4 is 5.32 Å². The molecule has 1 heterocycles. The molecule has 0 saturated carbocycles. The summed E-state index contributed by atoms with van der Waals surface area (Å²) in [5.41, 5.74) is 1.42. The highest BCUT2D eigenvalue weighted by molar-refractivity contribution is 5.16. The third-order valence-electron chi connectivity index (χ3n) is 2.70. The summed E-state index contributed by atoms with van der Waals surface area (Å²) in [6, 6.07) is 2.73. The summed E-state index contributed by atoms with van der Waals surface area (Å²) in [6.07, 6.45) is 5.66. The van der Waals surface area contributed by atoms with Crippen LogP contribution in [0.15, 0.2) is 18.5 Å². The third-order valence-corrected chi connectivity index (χ3v) is 2.70. The van der Waals surface area contributed by atoms with Crippen molar-refractivity contribution < 1.29 is 0 Å². The Labute approximate surface area is 93.7 Å². The van der Waals surface area contributed by atoms with Crippen molar-refractivity contribution in [2.24, 2.45) is 5.92 Å². The second-order valence-corrected chi connectivity index (χ2v) is 4.46. The van der Waals surface area contributed by atoms with E-state index >= 15 is 0 Å². The number of aromatic nitrogens is 1. The van der Waals surface area contributed by atoms with Gasteiger partial charge in [0.05, 0.1) is 0 Å². The summed E-state index contributed by atoms with van der Waals surface area (Å²) in [4.78, 5) is 0. The summed E-state index contributed by atoms with van der Waals surface area (Å²) in [5, 5.41) is 3.54. The molecule has 0 spiro atoms. The standard InChI is InChI=1S/C13H24N2/c1-5-8-15-9-7-12(10-15)13(11(3)4)14-6-2/h7,9-11,13-14H,5-6,8H2,1-4H3. The molecule has 2 nitrogen and oxygen atoms in total. The van der Waals surface area contributed by atoms with Gasteiger partial charge in [0, 0.05) is 25.0 Å². The molecular formula is C13H24N2. The van der Waals surface area contributed by atoms with Crippen molar-refractivity contribution in [2.45, 2.75) is 46.7 Å². The smallest absolute Gasteiger partial charge is 0.0358 e. The van der Waals surface area contributed by atoms with E-state index in [0.29, 0.717) is 12.0 Å². The zero-order valence-electron chi connectivity index (χ0n) is 10.5. The van der Waals surface area contributed by atoms with E-state index < -0.39 is 0 Å². The molecule has 1 unspecified atom stereocenters. The van der Waals surface area contributed by atoms with E-state index in [1.165, 1.54) is 12.0 Å². The molecule has 1 rings (SSSR count). The fraction of sp³-hybridized carbons (Fsp3) is 0.692. The van der Waals surface area contributed by atoms with Gasteiger partial charge in [-0.25, -0.2) is 0 Å². The first kappa shape index (κ1) is 12.3. The lowest BCUT2D eigenvalue weighted by atomic mass is 9.98. The summed E-state index contributed by atoms with van der Waals surface area (Å²) in [6.45, 7) is 11.1. The molecule has 1 aromatic rings. The molecule has 0 fully saturated rings. The van der Waals surface area contributed by atoms with Crippen LogP contribution in [0.2, 0.25) is 0 Å². The maximum Gasteiger partial charge on any atom is 0.0358 e. The van der Waals surface area contributed by atoms with Gasteiger partial charge in [0.25, 0.3) is 0 Å². The number of aryl methyl sites for hydroxylation is 1. The average Bonchev–Trinajstić information content (AvgIpc) is 2.62. The van der Waals surface area contributed by atoms with Gasteiger partial charge >= 0.3 is 0 Å². The van der Waals surface area contributed by atoms with Crippen molar-refractivity contribution in [3.63, 3.8) is 0 Å². The van der Waals surface area contributed by atoms with Gasteiger partial charge in [-0.15, -0.1) is 0 Å². The molecule has 0 aliphatic heterocycles. The van der Waals surface area contributed by atoms with E-state index in [4.69, 9.17) is 0 Å². The van der Waals surface area contributed by atoms with Crippen molar-refractivity contribution in [1.82, 2.24) is 9.88 Å². The van der Waals surface area contributed by atoms with Crippen LogP contribution in [0.25, 0.3) is 0 Å². The van der Waals surface area contributed by atoms with Crippen LogP contribution in [0.4, 0.5) is 0 Å². The van der Waals surface area contributed by atoms with Crippen LogP contribution in [0.5, 0.6) is 0 Å². The van der Waals surface area contributed by atoms with Gasteiger partial charge in [-0.3, -0.25) is 0 Å². The fourth-order valence-corrected chi connectivity index (χ4v) is 2.00. The molecule has 15 heavy (non-hydrogen) atoms. The van der Waals surface area contributed by atoms with Crippen LogP contribution in [-0.2, 0) is 6.54 Å². The minimum atomic E-state index is 0.494. The van der Waals surface area contributed by atoms with E-state index in [0.717, 1.165) is 13.1 Å². The van der Waals surface area contributed by atoms with Crippen molar-refractivity contribution in [3.05, 3.63) is 24.0 Å². The van der Waals surface area contributed by atoms with E-state index in [1.54, 1.807) is 0 Å². The van der Waals surface area contributed by atoms with E-state index in [9.17, 15) is 0 Å². The second kappa shape index (κ2) is 5.96. The summed E-state index contributed by atoms with van der Waals surface area (Å²) >= 11 is 0. The van der Waals surface area contributed by atoms with E-state index in [1.807, 2.05) is 0 Å². The van der Waals surface area contributed by atoms with Gasteiger partial charge in [0.2, 0.25) is 0 Å². The Hall–Kier alpha value is -0.760. The van der Waals surface area contributed by atoms with Crippen LogP contribution >= 0.6 is 0 Å². The zero-order valence-corrected chi connectivity index (χ0v) is 10.5. The molecule has 0 aliphatic rings. The highest BCUT2D eigenvalue weighted by atomic mass is 15.0. The quantitative estimate of drug-likeness (QED) is 0.759. The first-order valence-electron chi connectivity index (χ1n) is 6.08. The zero-order chi connectivity index (χ0) is 11.3. The molecule has 2 heteroatoms. The maximum atomic E-state index is 3.54. The number of hydrogen-bond donors (Lipinski definition) is 1. The minimum Gasteiger partial charge on any atom is -0.354 e. The minimum absolute atomic E-state index is 0.494. The van der Waals surface area contributed by atoms with Crippen LogP contribution in [-0.4, -0.2) is 11.1 Å². The van der Waals surface area contributed by atoms with Crippen LogP contribution in [0, 0.1) is 5.92 Å². The van der Waals surface area contributed by atoms with Gasteiger partial charge in [0.15, 0.2) is 0 Å². The summed E-state index contributed by atoms with van der Waals surface area (Å²) < 4.78 is 2.28. The molecular weight excluding hydrogens is 184 g/mol. The second-order valence-electron chi connectivity index (χ2n) is 4.46. The van der Waals surface area contributed by atoms with Gasteiger partial charge < -0.3 is 9.88 Å². The fourth-order valence-electron chi connectivity index (χ4n) is 2.00. The Bertz CT molecular complexity index is 276. The first-order chi connectivity index (χ1) is 7.19. The van der Waals surface area contributed by atoms with Gasteiger partial charge in [-0.2, -0.15) is 0 Å². The lowest BCUT2D eigenvalue weighted by Crippen LogP contribution is -2.25. The molecule has 0 radical (unpaired) electrons. The van der Waals surface area contributed by atoms with E-state index in [2.05, 4.69) is 56.0 Å². The lowest BCUT2D eigenvalue weighted by Gasteiger charge is -2.20. The predicted molar refractivity (Wildman–Crippen MR) is 66.0 cm³/mol. The molecule has 1 atom stereocenters. The van der Waals surface area contributed by atoms with Crippen molar-refractivity contribution in [2.75, 3.05) is 6.54 Å². The average molecular weight is 208 g/mol. The molecule has 1 N–H and O–H groups in total. The number of rotatable bonds is 6. The van der Waals surface area contributed by atoms with Gasteiger partial charge in [0.1, 0.15) is 0 Å². The largest absolute Gasteiger partial charge is 0.354 e. The number of hydrogen-bond acceptors (Lipinski definition) is 1. The third kappa shape index (κ3) is 3.38. The molecule has 86 valence electrons. The number of nitrogens with one attached hydrogen (secondary N) is 1. The van der Waals surface area contributed by atoms with Gasteiger partial charge in [-0.05, 0) is 30.5 Å². The Morgan fingerprint density at radius 3 is 2.60 bits per heavy atom. The molecule has 1 aromatic heterocycles. The van der Waals surface area contributed by atoms with Crippen molar-refractivity contribution >= 4 is 0 Å². The lowest BCUT2D eigenvalue weighted by molar-refractivity contribution is 0.421. The summed E-state index contributed by atoms with van der Waals surface area (Å²) in [5.74, 6) is 0.641.